The standard InChI is InChI=1S/C14H17ClN4O2/c1-2-7-21-12-4-3-10(8-11(12)15)17-14(20)9-19-6-5-13(16)18-19/h3-6,8H,2,7,9H2,1H3,(H2,16,18)(H,17,20). The first-order chi connectivity index (χ1) is 10.1. The number of rotatable bonds is 6. The van der Waals surface area contributed by atoms with E-state index in [1.807, 2.05) is 6.92 Å². The van der Waals surface area contributed by atoms with Gasteiger partial charge in [0, 0.05) is 11.9 Å². The number of nitrogen functional groups attached to an aromatic ring is 1. The number of hydrogen-bond donors (Lipinski definition) is 2. The normalized spacial score (nSPS) is 10.4. The number of carbonyl (C=O) groups excluding carboxylic acids is 1. The molecule has 0 unspecified atom stereocenters. The Bertz CT molecular complexity index is 627. The van der Waals surface area contributed by atoms with Crippen molar-refractivity contribution in [2.75, 3.05) is 17.7 Å². The predicted molar refractivity (Wildman–Crippen MR) is 82.5 cm³/mol. The molecule has 1 heterocycles. The highest BCUT2D eigenvalue weighted by molar-refractivity contribution is 6.32. The van der Waals surface area contributed by atoms with E-state index in [0.717, 1.165) is 6.42 Å². The molecule has 7 heteroatoms. The fourth-order valence-electron chi connectivity index (χ4n) is 1.72. The third kappa shape index (κ3) is 4.39. The molecule has 2 aromatic rings. The highest BCUT2D eigenvalue weighted by Crippen LogP contribution is 2.27. The molecule has 0 spiro atoms. The van der Waals surface area contributed by atoms with Gasteiger partial charge in [0.2, 0.25) is 5.91 Å². The minimum absolute atomic E-state index is 0.0862. The Kier molecular flexibility index (Phi) is 5.05. The van der Waals surface area contributed by atoms with Crippen LogP contribution in [0.3, 0.4) is 0 Å². The van der Waals surface area contributed by atoms with Gasteiger partial charge in [-0.05, 0) is 30.7 Å². The summed E-state index contributed by atoms with van der Waals surface area (Å²) in [5.41, 5.74) is 6.09. The van der Waals surface area contributed by atoms with Crippen molar-refractivity contribution in [3.8, 4) is 5.75 Å². The summed E-state index contributed by atoms with van der Waals surface area (Å²) < 4.78 is 6.93. The zero-order chi connectivity index (χ0) is 15.2. The number of hydrogen-bond acceptors (Lipinski definition) is 4. The van der Waals surface area contributed by atoms with Gasteiger partial charge < -0.3 is 15.8 Å². The topological polar surface area (TPSA) is 82.2 Å². The maximum absolute atomic E-state index is 11.9. The van der Waals surface area contributed by atoms with Gasteiger partial charge in [-0.1, -0.05) is 18.5 Å². The first-order valence-electron chi connectivity index (χ1n) is 6.59. The number of nitrogens with zero attached hydrogens (tertiary/aromatic N) is 2. The number of amides is 1. The molecule has 2 rings (SSSR count). The van der Waals surface area contributed by atoms with Crippen molar-refractivity contribution >= 4 is 29.0 Å². The minimum Gasteiger partial charge on any atom is -0.492 e. The Labute approximate surface area is 127 Å². The van der Waals surface area contributed by atoms with Crippen molar-refractivity contribution in [1.82, 2.24) is 9.78 Å². The van der Waals surface area contributed by atoms with Crippen LogP contribution in [0.1, 0.15) is 13.3 Å². The van der Waals surface area contributed by atoms with Gasteiger partial charge >= 0.3 is 0 Å². The zero-order valence-corrected chi connectivity index (χ0v) is 12.4. The average molecular weight is 309 g/mol. The third-order valence-corrected chi connectivity index (χ3v) is 2.94. The summed E-state index contributed by atoms with van der Waals surface area (Å²) in [5, 5.41) is 7.15. The highest BCUT2D eigenvalue weighted by atomic mass is 35.5. The maximum Gasteiger partial charge on any atom is 0.246 e. The Balaban J connectivity index is 1.96. The molecule has 0 fully saturated rings. The molecular weight excluding hydrogens is 292 g/mol. The third-order valence-electron chi connectivity index (χ3n) is 2.64. The summed E-state index contributed by atoms with van der Waals surface area (Å²) in [6.45, 7) is 2.71. The SMILES string of the molecule is CCCOc1ccc(NC(=O)Cn2ccc(N)n2)cc1Cl. The van der Waals surface area contributed by atoms with Crippen LogP contribution >= 0.6 is 11.6 Å². The largest absolute Gasteiger partial charge is 0.492 e. The molecule has 1 aromatic heterocycles. The molecule has 0 radical (unpaired) electrons. The lowest BCUT2D eigenvalue weighted by Gasteiger charge is -2.10. The van der Waals surface area contributed by atoms with E-state index in [2.05, 4.69) is 10.4 Å². The van der Waals surface area contributed by atoms with Gasteiger partial charge in [-0.3, -0.25) is 9.48 Å². The second kappa shape index (κ2) is 6.99. The number of anilines is 2. The van der Waals surface area contributed by atoms with Gasteiger partial charge in [0.15, 0.2) is 0 Å². The molecule has 0 atom stereocenters. The van der Waals surface area contributed by atoms with Crippen LogP contribution in [0.25, 0.3) is 0 Å². The lowest BCUT2D eigenvalue weighted by atomic mass is 10.3. The van der Waals surface area contributed by atoms with E-state index in [-0.39, 0.29) is 12.5 Å². The van der Waals surface area contributed by atoms with Crippen LogP contribution in [0.2, 0.25) is 5.02 Å². The number of nitrogens with one attached hydrogen (secondary N) is 1. The first-order valence-corrected chi connectivity index (χ1v) is 6.97. The van der Waals surface area contributed by atoms with E-state index >= 15 is 0 Å². The minimum atomic E-state index is -0.212. The molecule has 3 N–H and O–H groups in total. The summed E-state index contributed by atoms with van der Waals surface area (Å²) in [4.78, 5) is 11.9. The number of halogens is 1. The van der Waals surface area contributed by atoms with Crippen LogP contribution in [0.15, 0.2) is 30.5 Å². The van der Waals surface area contributed by atoms with Gasteiger partial charge in [-0.2, -0.15) is 5.10 Å². The van der Waals surface area contributed by atoms with Crippen molar-refractivity contribution in [2.45, 2.75) is 19.9 Å². The van der Waals surface area contributed by atoms with E-state index in [0.29, 0.717) is 28.9 Å². The summed E-state index contributed by atoms with van der Waals surface area (Å²) in [7, 11) is 0. The quantitative estimate of drug-likeness (QED) is 0.859. The molecule has 1 amide bonds. The van der Waals surface area contributed by atoms with Gasteiger partial charge in [0.25, 0.3) is 0 Å². The van der Waals surface area contributed by atoms with Crippen LogP contribution in [-0.2, 0) is 11.3 Å². The van der Waals surface area contributed by atoms with Gasteiger partial charge in [-0.15, -0.1) is 0 Å². The predicted octanol–water partition coefficient (Wildman–Crippen LogP) is 2.55. The van der Waals surface area contributed by atoms with Gasteiger partial charge in [0.1, 0.15) is 18.1 Å². The summed E-state index contributed by atoms with van der Waals surface area (Å²) in [6.07, 6.45) is 2.55. The number of carbonyl (C=O) groups is 1. The van der Waals surface area contributed by atoms with Crippen molar-refractivity contribution in [1.29, 1.82) is 0 Å². The molecule has 1 aromatic carbocycles. The second-order valence-corrected chi connectivity index (χ2v) is 4.89. The summed E-state index contributed by atoms with van der Waals surface area (Å²) in [6, 6.07) is 6.76. The Morgan fingerprint density at radius 1 is 1.48 bits per heavy atom. The summed E-state index contributed by atoms with van der Waals surface area (Å²) >= 11 is 6.10. The zero-order valence-electron chi connectivity index (χ0n) is 11.7. The van der Waals surface area contributed by atoms with Crippen LogP contribution in [0, 0.1) is 0 Å². The van der Waals surface area contributed by atoms with Crippen LogP contribution in [0.4, 0.5) is 11.5 Å². The van der Waals surface area contributed by atoms with Crippen molar-refractivity contribution in [3.63, 3.8) is 0 Å². The molecule has 21 heavy (non-hydrogen) atoms. The smallest absolute Gasteiger partial charge is 0.246 e. The van der Waals surface area contributed by atoms with Crippen molar-refractivity contribution in [2.24, 2.45) is 0 Å². The molecule has 112 valence electrons. The van der Waals surface area contributed by atoms with Gasteiger partial charge in [-0.25, -0.2) is 0 Å². The van der Waals surface area contributed by atoms with E-state index in [1.54, 1.807) is 30.5 Å². The van der Waals surface area contributed by atoms with E-state index in [9.17, 15) is 4.79 Å². The number of aromatic nitrogens is 2. The first kappa shape index (κ1) is 15.2. The lowest BCUT2D eigenvalue weighted by Crippen LogP contribution is -2.19. The molecular formula is C14H17ClN4O2. The molecule has 0 aliphatic rings. The number of nitrogens with two attached hydrogens (primary N) is 1. The van der Waals surface area contributed by atoms with Crippen molar-refractivity contribution < 1.29 is 9.53 Å². The van der Waals surface area contributed by atoms with E-state index < -0.39 is 0 Å². The second-order valence-electron chi connectivity index (χ2n) is 4.48. The number of ether oxygens (including phenoxy) is 1. The Morgan fingerprint density at radius 3 is 2.90 bits per heavy atom. The molecule has 0 aliphatic carbocycles. The number of benzene rings is 1. The van der Waals surface area contributed by atoms with E-state index in [4.69, 9.17) is 22.1 Å². The van der Waals surface area contributed by atoms with E-state index in [1.165, 1.54) is 4.68 Å². The molecule has 0 aliphatic heterocycles. The molecule has 0 bridgehead atoms. The van der Waals surface area contributed by atoms with Crippen LogP contribution < -0.4 is 15.8 Å². The maximum atomic E-state index is 11.9. The van der Waals surface area contributed by atoms with Gasteiger partial charge in [0.05, 0.1) is 11.6 Å². The summed E-state index contributed by atoms with van der Waals surface area (Å²) in [5.74, 6) is 0.774. The highest BCUT2D eigenvalue weighted by Gasteiger charge is 2.07. The Morgan fingerprint density at radius 2 is 2.29 bits per heavy atom. The molecule has 6 nitrogen and oxygen atoms in total. The fraction of sp³-hybridized carbons (Fsp3) is 0.286. The Hall–Kier alpha value is -2.21. The molecule has 0 saturated heterocycles. The lowest BCUT2D eigenvalue weighted by molar-refractivity contribution is -0.116. The van der Waals surface area contributed by atoms with Crippen molar-refractivity contribution in [3.05, 3.63) is 35.5 Å². The average Bonchev–Trinajstić information content (AvgIpc) is 2.83. The monoisotopic (exact) mass is 308 g/mol. The van der Waals surface area contributed by atoms with Crippen LogP contribution in [0.5, 0.6) is 5.75 Å². The molecule has 0 saturated carbocycles. The fourth-order valence-corrected chi connectivity index (χ4v) is 1.96. The van der Waals surface area contributed by atoms with Crippen LogP contribution in [-0.4, -0.2) is 22.3 Å².